The van der Waals surface area contributed by atoms with E-state index in [9.17, 15) is 20.2 Å². The van der Waals surface area contributed by atoms with Gasteiger partial charge in [0.2, 0.25) is 0 Å². The molecule has 0 aromatic rings. The third-order valence-corrected chi connectivity index (χ3v) is 3.59. The van der Waals surface area contributed by atoms with Crippen LogP contribution in [0.4, 0.5) is 0 Å². The van der Waals surface area contributed by atoms with Crippen LogP contribution in [0.5, 0.6) is 0 Å². The summed E-state index contributed by atoms with van der Waals surface area (Å²) in [6.07, 6.45) is 0. The Balaban J connectivity index is 3.69. The second-order valence-electron chi connectivity index (χ2n) is 2.07. The molecule has 0 rings (SSSR count). The zero-order valence-electron chi connectivity index (χ0n) is 6.67. The highest BCUT2D eigenvalue weighted by atomic mass is 79.9. The van der Waals surface area contributed by atoms with Gasteiger partial charge in [-0.2, -0.15) is 0 Å². The zero-order valence-corrected chi connectivity index (χ0v) is 9.84. The highest BCUT2D eigenvalue weighted by Crippen LogP contribution is 2.15. The average Bonchev–Trinajstić information content (AvgIpc) is 2.09. The smallest absolute Gasteiger partial charge is 0.294 e. The molecule has 2 atom stereocenters. The van der Waals surface area contributed by atoms with Gasteiger partial charge in [0.25, 0.3) is 10.2 Å². The number of hydrogen-bond acceptors (Lipinski definition) is 6. The highest BCUT2D eigenvalue weighted by molar-refractivity contribution is 9.12. The molecular weight excluding hydrogens is 332 g/mol. The summed E-state index contributed by atoms with van der Waals surface area (Å²) in [5.41, 5.74) is 0. The quantitative estimate of drug-likeness (QED) is 0.389. The Morgan fingerprint density at radius 2 is 1.29 bits per heavy atom. The minimum atomic E-state index is -0.942. The summed E-state index contributed by atoms with van der Waals surface area (Å²) in [6.45, 7) is -0.437. The van der Waals surface area contributed by atoms with Crippen molar-refractivity contribution in [2.45, 2.75) is 9.65 Å². The van der Waals surface area contributed by atoms with Crippen LogP contribution in [0.3, 0.4) is 0 Å². The van der Waals surface area contributed by atoms with E-state index in [1.54, 1.807) is 0 Å². The fraction of sp³-hybridized carbons (Fsp3) is 1.00. The summed E-state index contributed by atoms with van der Waals surface area (Å²) < 4.78 is 0. The highest BCUT2D eigenvalue weighted by Gasteiger charge is 2.18. The molecule has 0 bridgehead atoms. The van der Waals surface area contributed by atoms with Gasteiger partial charge in [-0.05, 0) is 0 Å². The first-order chi connectivity index (χ1) is 6.43. The monoisotopic (exact) mass is 336 g/mol. The van der Waals surface area contributed by atoms with E-state index >= 15 is 0 Å². The molecule has 2 unspecified atom stereocenters. The molecule has 0 spiro atoms. The third kappa shape index (κ3) is 6.83. The fourth-order valence-electron chi connectivity index (χ4n) is 0.473. The number of halogens is 2. The maximum Gasteiger partial charge on any atom is 0.294 e. The van der Waals surface area contributed by atoms with Crippen molar-refractivity contribution in [2.24, 2.45) is 0 Å². The Hall–Kier alpha value is -0.640. The lowest BCUT2D eigenvalue weighted by Crippen LogP contribution is -2.26. The van der Waals surface area contributed by atoms with E-state index in [1.165, 1.54) is 0 Å². The third-order valence-electron chi connectivity index (χ3n) is 1.07. The van der Waals surface area contributed by atoms with Gasteiger partial charge in [0.05, 0.1) is 9.65 Å². The molecule has 0 amide bonds. The van der Waals surface area contributed by atoms with Crippen LogP contribution in [0.1, 0.15) is 0 Å². The Morgan fingerprint density at radius 1 is 1.00 bits per heavy atom. The van der Waals surface area contributed by atoms with Crippen LogP contribution >= 0.6 is 31.9 Å². The van der Waals surface area contributed by atoms with Gasteiger partial charge in [0.15, 0.2) is 0 Å². The Labute approximate surface area is 95.0 Å². The summed E-state index contributed by atoms with van der Waals surface area (Å²) >= 11 is 6.09. The number of alkyl halides is 2. The van der Waals surface area contributed by atoms with E-state index in [2.05, 4.69) is 41.5 Å². The number of nitrogens with zero attached hydrogens (tertiary/aromatic N) is 2. The largest absolute Gasteiger partial charge is 0.313 e. The van der Waals surface area contributed by atoms with E-state index in [0.717, 1.165) is 0 Å². The van der Waals surface area contributed by atoms with Gasteiger partial charge in [-0.15, -0.1) is 20.2 Å². The van der Waals surface area contributed by atoms with Crippen molar-refractivity contribution in [3.63, 3.8) is 0 Å². The Morgan fingerprint density at radius 3 is 1.50 bits per heavy atom. The zero-order chi connectivity index (χ0) is 11.1. The van der Waals surface area contributed by atoms with Gasteiger partial charge < -0.3 is 9.68 Å². The van der Waals surface area contributed by atoms with Crippen molar-refractivity contribution >= 4 is 31.9 Å². The molecule has 0 fully saturated rings. The maximum absolute atomic E-state index is 9.80. The molecule has 0 aliphatic carbocycles. The van der Waals surface area contributed by atoms with Crippen LogP contribution in [0.25, 0.3) is 0 Å². The van der Waals surface area contributed by atoms with Crippen molar-refractivity contribution in [3.8, 4) is 0 Å². The SMILES string of the molecule is O=[N+]([O-])OCC(Br)C(Br)CO[N+](=O)[O-]. The van der Waals surface area contributed by atoms with Crippen molar-refractivity contribution in [1.29, 1.82) is 0 Å². The second-order valence-corrected chi connectivity index (χ2v) is 4.42. The molecule has 0 aliphatic heterocycles. The van der Waals surface area contributed by atoms with E-state index in [0.29, 0.717) is 0 Å². The normalized spacial score (nSPS) is 14.1. The summed E-state index contributed by atoms with van der Waals surface area (Å²) in [5.74, 6) is 0. The predicted molar refractivity (Wildman–Crippen MR) is 51.3 cm³/mol. The summed E-state index contributed by atoms with van der Waals surface area (Å²) in [7, 11) is 0. The van der Waals surface area contributed by atoms with Crippen LogP contribution in [0, 0.1) is 20.2 Å². The minimum Gasteiger partial charge on any atom is -0.313 e. The Kier molecular flexibility index (Phi) is 6.45. The topological polar surface area (TPSA) is 105 Å². The van der Waals surface area contributed by atoms with Crippen molar-refractivity contribution in [1.82, 2.24) is 0 Å². The van der Waals surface area contributed by atoms with Gasteiger partial charge in [-0.3, -0.25) is 0 Å². The van der Waals surface area contributed by atoms with E-state index in [-0.39, 0.29) is 13.2 Å². The molecule has 0 saturated heterocycles. The average molecular weight is 338 g/mol. The van der Waals surface area contributed by atoms with Crippen LogP contribution in [0.2, 0.25) is 0 Å². The van der Waals surface area contributed by atoms with Crippen LogP contribution in [-0.4, -0.2) is 33.0 Å². The lowest BCUT2D eigenvalue weighted by atomic mass is 10.3. The number of rotatable bonds is 7. The van der Waals surface area contributed by atoms with Crippen LogP contribution in [-0.2, 0) is 9.68 Å². The molecular formula is C4H6Br2N2O6. The minimum absolute atomic E-state index is 0.218. The van der Waals surface area contributed by atoms with E-state index in [4.69, 9.17) is 0 Å². The van der Waals surface area contributed by atoms with E-state index < -0.39 is 19.8 Å². The fourth-order valence-corrected chi connectivity index (χ4v) is 1.01. The van der Waals surface area contributed by atoms with Gasteiger partial charge >= 0.3 is 0 Å². The molecule has 0 aromatic carbocycles. The van der Waals surface area contributed by atoms with Crippen molar-refractivity contribution in [3.05, 3.63) is 20.2 Å². The van der Waals surface area contributed by atoms with Gasteiger partial charge in [-0.25, -0.2) is 0 Å². The Bertz CT molecular complexity index is 192. The molecule has 14 heavy (non-hydrogen) atoms. The molecule has 10 heteroatoms. The molecule has 0 heterocycles. The standard InChI is InChI=1S/C4H6Br2N2O6/c5-3(1-13-7(9)10)4(6)2-14-8(11)12/h3-4H,1-2H2. The first kappa shape index (κ1) is 13.4. The molecule has 82 valence electrons. The lowest BCUT2D eigenvalue weighted by molar-refractivity contribution is -0.760. The van der Waals surface area contributed by atoms with E-state index in [1.807, 2.05) is 0 Å². The van der Waals surface area contributed by atoms with Gasteiger partial charge in [0.1, 0.15) is 13.2 Å². The number of hydrogen-bond donors (Lipinski definition) is 0. The molecule has 0 N–H and O–H groups in total. The summed E-state index contributed by atoms with van der Waals surface area (Å²) in [4.78, 5) is 26.8. The second kappa shape index (κ2) is 6.76. The molecule has 0 saturated carbocycles. The van der Waals surface area contributed by atoms with Gasteiger partial charge in [0, 0.05) is 0 Å². The first-order valence-electron chi connectivity index (χ1n) is 3.26. The van der Waals surface area contributed by atoms with Gasteiger partial charge in [-0.1, -0.05) is 31.9 Å². The predicted octanol–water partition coefficient (Wildman–Crippen LogP) is 0.930. The van der Waals surface area contributed by atoms with Crippen molar-refractivity contribution in [2.75, 3.05) is 13.2 Å². The maximum atomic E-state index is 9.80. The molecule has 0 aromatic heterocycles. The lowest BCUT2D eigenvalue weighted by Gasteiger charge is -2.13. The first-order valence-corrected chi connectivity index (χ1v) is 5.09. The summed E-state index contributed by atoms with van der Waals surface area (Å²) in [6, 6.07) is 0. The molecule has 8 nitrogen and oxygen atoms in total. The van der Waals surface area contributed by atoms with Crippen molar-refractivity contribution < 1.29 is 19.8 Å². The van der Waals surface area contributed by atoms with Crippen LogP contribution < -0.4 is 0 Å². The molecule has 0 aliphatic rings. The molecule has 0 radical (unpaired) electrons. The summed E-state index contributed by atoms with van der Waals surface area (Å²) in [5, 5.41) is 17.7. The van der Waals surface area contributed by atoms with Crippen LogP contribution in [0.15, 0.2) is 0 Å².